The van der Waals surface area contributed by atoms with Gasteiger partial charge in [-0.1, -0.05) is 12.1 Å². The number of nitriles is 1. The van der Waals surface area contributed by atoms with E-state index >= 15 is 0 Å². The van der Waals surface area contributed by atoms with Gasteiger partial charge in [-0.25, -0.2) is 9.50 Å². The van der Waals surface area contributed by atoms with E-state index in [1.165, 1.54) is 0 Å². The smallest absolute Gasteiger partial charge is 0.173 e. The Kier molecular flexibility index (Phi) is 3.05. The Labute approximate surface area is 116 Å². The van der Waals surface area contributed by atoms with Gasteiger partial charge in [0.2, 0.25) is 0 Å². The lowest BCUT2D eigenvalue weighted by Gasteiger charge is -2.00. The van der Waals surface area contributed by atoms with Crippen LogP contribution in [0.5, 0.6) is 5.75 Å². The lowest BCUT2D eigenvalue weighted by molar-refractivity contribution is 0.414. The van der Waals surface area contributed by atoms with Crippen molar-refractivity contribution in [3.8, 4) is 11.8 Å². The molecule has 0 fully saturated rings. The number of methoxy groups -OCH3 is 1. The van der Waals surface area contributed by atoms with Crippen molar-refractivity contribution in [1.29, 1.82) is 5.26 Å². The normalized spacial score (nSPS) is 10.4. The van der Waals surface area contributed by atoms with Crippen molar-refractivity contribution in [2.24, 2.45) is 0 Å². The second-order valence-electron chi connectivity index (χ2n) is 4.35. The Bertz CT molecular complexity index is 784. The molecule has 0 bridgehead atoms. The molecular weight excluding hydrogens is 252 g/mol. The zero-order chi connectivity index (χ0) is 13.9. The molecule has 1 aromatic carbocycles. The first-order chi connectivity index (χ1) is 9.80. The van der Waals surface area contributed by atoms with Crippen molar-refractivity contribution in [2.45, 2.75) is 6.42 Å². The summed E-state index contributed by atoms with van der Waals surface area (Å²) in [5, 5.41) is 13.4. The third-order valence-corrected chi connectivity index (χ3v) is 3.05. The van der Waals surface area contributed by atoms with E-state index in [2.05, 4.69) is 16.2 Å². The molecule has 0 N–H and O–H groups in total. The van der Waals surface area contributed by atoms with Crippen molar-refractivity contribution in [3.05, 3.63) is 59.5 Å². The second-order valence-corrected chi connectivity index (χ2v) is 4.35. The monoisotopic (exact) mass is 264 g/mol. The quantitative estimate of drug-likeness (QED) is 0.727. The van der Waals surface area contributed by atoms with E-state index in [1.807, 2.05) is 24.3 Å². The SMILES string of the molecule is COc1ccc(Cc2nc3c(C#N)cccn3n2)cc1. The number of hydrogen-bond donors (Lipinski definition) is 0. The molecule has 0 radical (unpaired) electrons. The molecule has 0 atom stereocenters. The van der Waals surface area contributed by atoms with Crippen molar-refractivity contribution < 1.29 is 4.74 Å². The van der Waals surface area contributed by atoms with Gasteiger partial charge in [-0.05, 0) is 29.8 Å². The fraction of sp³-hybridized carbons (Fsp3) is 0.133. The van der Waals surface area contributed by atoms with Gasteiger partial charge in [-0.3, -0.25) is 0 Å². The summed E-state index contributed by atoms with van der Waals surface area (Å²) < 4.78 is 6.76. The van der Waals surface area contributed by atoms with Crippen LogP contribution in [0.25, 0.3) is 5.65 Å². The largest absolute Gasteiger partial charge is 0.497 e. The Morgan fingerprint density at radius 3 is 2.75 bits per heavy atom. The summed E-state index contributed by atoms with van der Waals surface area (Å²) in [4.78, 5) is 4.42. The molecule has 5 heteroatoms. The highest BCUT2D eigenvalue weighted by atomic mass is 16.5. The first-order valence-electron chi connectivity index (χ1n) is 6.17. The molecule has 0 aliphatic rings. The molecule has 0 amide bonds. The first-order valence-corrected chi connectivity index (χ1v) is 6.17. The number of aromatic nitrogens is 3. The lowest BCUT2D eigenvalue weighted by atomic mass is 10.1. The van der Waals surface area contributed by atoms with Crippen LogP contribution in [0.3, 0.4) is 0 Å². The molecular formula is C15H12N4O. The predicted molar refractivity (Wildman–Crippen MR) is 73.5 cm³/mol. The van der Waals surface area contributed by atoms with Crippen LogP contribution in [0, 0.1) is 11.3 Å². The van der Waals surface area contributed by atoms with Crippen LogP contribution in [0.1, 0.15) is 17.0 Å². The highest BCUT2D eigenvalue weighted by Gasteiger charge is 2.08. The highest BCUT2D eigenvalue weighted by molar-refractivity contribution is 5.54. The predicted octanol–water partition coefficient (Wildman–Crippen LogP) is 2.20. The van der Waals surface area contributed by atoms with Gasteiger partial charge in [-0.2, -0.15) is 10.4 Å². The molecule has 0 aliphatic heterocycles. The summed E-state index contributed by atoms with van der Waals surface area (Å²) >= 11 is 0. The molecule has 20 heavy (non-hydrogen) atoms. The van der Waals surface area contributed by atoms with Crippen LogP contribution < -0.4 is 4.74 Å². The molecule has 0 aliphatic carbocycles. The van der Waals surface area contributed by atoms with Crippen molar-refractivity contribution >= 4 is 5.65 Å². The Morgan fingerprint density at radius 1 is 1.25 bits per heavy atom. The van der Waals surface area contributed by atoms with Crippen LogP contribution in [0.15, 0.2) is 42.6 Å². The molecule has 5 nitrogen and oxygen atoms in total. The Hall–Kier alpha value is -2.87. The summed E-state index contributed by atoms with van der Waals surface area (Å²) in [6.07, 6.45) is 2.41. The van der Waals surface area contributed by atoms with E-state index in [4.69, 9.17) is 10.00 Å². The molecule has 0 saturated carbocycles. The zero-order valence-corrected chi connectivity index (χ0v) is 10.9. The van der Waals surface area contributed by atoms with Crippen LogP contribution in [-0.4, -0.2) is 21.7 Å². The number of nitrogens with zero attached hydrogens (tertiary/aromatic N) is 4. The maximum absolute atomic E-state index is 9.05. The topological polar surface area (TPSA) is 63.2 Å². The summed E-state index contributed by atoms with van der Waals surface area (Å²) in [5.41, 5.74) is 2.22. The van der Waals surface area contributed by atoms with Crippen LogP contribution in [0.2, 0.25) is 0 Å². The summed E-state index contributed by atoms with van der Waals surface area (Å²) in [7, 11) is 1.64. The number of pyridine rings is 1. The minimum absolute atomic E-state index is 0.529. The molecule has 98 valence electrons. The molecule has 0 unspecified atom stereocenters. The number of hydrogen-bond acceptors (Lipinski definition) is 4. The van der Waals surface area contributed by atoms with E-state index in [9.17, 15) is 0 Å². The molecule has 3 aromatic rings. The van der Waals surface area contributed by atoms with E-state index in [0.29, 0.717) is 23.5 Å². The van der Waals surface area contributed by atoms with Gasteiger partial charge in [0, 0.05) is 12.6 Å². The van der Waals surface area contributed by atoms with Gasteiger partial charge in [0.05, 0.1) is 12.7 Å². The lowest BCUT2D eigenvalue weighted by Crippen LogP contribution is -1.92. The van der Waals surface area contributed by atoms with Gasteiger partial charge in [0.25, 0.3) is 0 Å². The van der Waals surface area contributed by atoms with Gasteiger partial charge >= 0.3 is 0 Å². The number of rotatable bonds is 3. The van der Waals surface area contributed by atoms with E-state index in [0.717, 1.165) is 11.3 Å². The maximum Gasteiger partial charge on any atom is 0.173 e. The second kappa shape index (κ2) is 5.02. The Morgan fingerprint density at radius 2 is 2.05 bits per heavy atom. The fourth-order valence-corrected chi connectivity index (χ4v) is 2.04. The van der Waals surface area contributed by atoms with Gasteiger partial charge in [0.1, 0.15) is 11.8 Å². The number of benzene rings is 1. The number of fused-ring (bicyclic) bond motifs is 1. The zero-order valence-electron chi connectivity index (χ0n) is 10.9. The number of ether oxygens (including phenoxy) is 1. The minimum Gasteiger partial charge on any atom is -0.497 e. The van der Waals surface area contributed by atoms with Crippen molar-refractivity contribution in [3.63, 3.8) is 0 Å². The van der Waals surface area contributed by atoms with Crippen molar-refractivity contribution in [1.82, 2.24) is 14.6 Å². The van der Waals surface area contributed by atoms with Crippen LogP contribution in [-0.2, 0) is 6.42 Å². The third-order valence-electron chi connectivity index (χ3n) is 3.05. The maximum atomic E-state index is 9.05. The van der Waals surface area contributed by atoms with E-state index in [1.54, 1.807) is 30.0 Å². The summed E-state index contributed by atoms with van der Waals surface area (Å²) in [5.74, 6) is 1.52. The van der Waals surface area contributed by atoms with Crippen LogP contribution >= 0.6 is 0 Å². The molecule has 2 heterocycles. The third kappa shape index (κ3) is 2.19. The molecule has 2 aromatic heterocycles. The van der Waals surface area contributed by atoms with E-state index < -0.39 is 0 Å². The van der Waals surface area contributed by atoms with Gasteiger partial charge < -0.3 is 4.74 Å². The highest BCUT2D eigenvalue weighted by Crippen LogP contribution is 2.14. The average Bonchev–Trinajstić information content (AvgIpc) is 2.90. The van der Waals surface area contributed by atoms with Gasteiger partial charge in [0.15, 0.2) is 11.5 Å². The standard InChI is InChI=1S/C15H12N4O/c1-20-13-6-4-11(5-7-13)9-14-17-15-12(10-16)3-2-8-19(15)18-14/h2-8H,9H2,1H3. The van der Waals surface area contributed by atoms with Gasteiger partial charge in [-0.15, -0.1) is 0 Å². The first kappa shape index (κ1) is 12.2. The molecule has 0 spiro atoms. The molecule has 3 rings (SSSR count). The Balaban J connectivity index is 1.92. The van der Waals surface area contributed by atoms with E-state index in [-0.39, 0.29) is 0 Å². The average molecular weight is 264 g/mol. The van der Waals surface area contributed by atoms with Crippen LogP contribution in [0.4, 0.5) is 0 Å². The summed E-state index contributed by atoms with van der Waals surface area (Å²) in [6, 6.07) is 13.4. The fourth-order valence-electron chi connectivity index (χ4n) is 2.04. The van der Waals surface area contributed by atoms with Crippen molar-refractivity contribution in [2.75, 3.05) is 7.11 Å². The molecule has 0 saturated heterocycles. The summed E-state index contributed by atoms with van der Waals surface area (Å²) in [6.45, 7) is 0. The minimum atomic E-state index is 0.529.